The third-order valence-corrected chi connectivity index (χ3v) is 4.38. The van der Waals surface area contributed by atoms with Crippen LogP contribution in [0.5, 0.6) is 0 Å². The quantitative estimate of drug-likeness (QED) is 0.622. The Morgan fingerprint density at radius 3 is 2.27 bits per heavy atom. The summed E-state index contributed by atoms with van der Waals surface area (Å²) in [7, 11) is -1.01. The van der Waals surface area contributed by atoms with Crippen molar-refractivity contribution in [2.24, 2.45) is 0 Å². The second kappa shape index (κ2) is 8.11. The van der Waals surface area contributed by atoms with E-state index in [4.69, 9.17) is 0 Å². The Morgan fingerprint density at radius 1 is 1.13 bits per heavy atom. The SMILES string of the molecule is CCCCCS(=O)(=O)CC(CCC)NC. The van der Waals surface area contributed by atoms with E-state index in [0.717, 1.165) is 32.1 Å². The molecule has 0 radical (unpaired) electrons. The summed E-state index contributed by atoms with van der Waals surface area (Å²) in [6.45, 7) is 4.16. The fraction of sp³-hybridized carbons (Fsp3) is 1.00. The van der Waals surface area contributed by atoms with E-state index in [9.17, 15) is 8.42 Å². The van der Waals surface area contributed by atoms with Crippen LogP contribution in [0.3, 0.4) is 0 Å². The van der Waals surface area contributed by atoms with Crippen LogP contribution in [0.15, 0.2) is 0 Å². The molecule has 1 N–H and O–H groups in total. The first-order valence-electron chi connectivity index (χ1n) is 5.93. The Bertz CT molecular complexity index is 237. The fourth-order valence-corrected chi connectivity index (χ4v) is 3.38. The van der Waals surface area contributed by atoms with Crippen LogP contribution >= 0.6 is 0 Å². The summed E-state index contributed by atoms with van der Waals surface area (Å²) in [5.74, 6) is 0.643. The molecule has 92 valence electrons. The van der Waals surface area contributed by atoms with Gasteiger partial charge in [0, 0.05) is 6.04 Å². The highest BCUT2D eigenvalue weighted by Gasteiger charge is 2.16. The normalized spacial score (nSPS) is 14.1. The first-order chi connectivity index (χ1) is 7.05. The van der Waals surface area contributed by atoms with Crippen molar-refractivity contribution in [3.63, 3.8) is 0 Å². The Morgan fingerprint density at radius 2 is 1.80 bits per heavy atom. The van der Waals surface area contributed by atoms with Crippen LogP contribution in [0.25, 0.3) is 0 Å². The molecule has 0 aromatic rings. The van der Waals surface area contributed by atoms with Crippen molar-refractivity contribution < 1.29 is 8.42 Å². The molecule has 0 bridgehead atoms. The molecule has 1 unspecified atom stereocenters. The molecule has 1 atom stereocenters. The summed E-state index contributed by atoms with van der Waals surface area (Å²) >= 11 is 0. The standard InChI is InChI=1S/C11H25NO2S/c1-4-6-7-9-15(13,14)10-11(12-3)8-5-2/h11-12H,4-10H2,1-3H3. The number of unbranched alkanes of at least 4 members (excludes halogenated alkanes) is 2. The number of hydrogen-bond acceptors (Lipinski definition) is 3. The zero-order chi connectivity index (χ0) is 11.7. The van der Waals surface area contributed by atoms with Gasteiger partial charge in [-0.15, -0.1) is 0 Å². The number of hydrogen-bond donors (Lipinski definition) is 1. The van der Waals surface area contributed by atoms with E-state index >= 15 is 0 Å². The Balaban J connectivity index is 3.99. The molecule has 0 aromatic heterocycles. The van der Waals surface area contributed by atoms with Gasteiger partial charge in [-0.05, 0) is 19.9 Å². The van der Waals surface area contributed by atoms with Crippen LogP contribution in [-0.2, 0) is 9.84 Å². The Labute approximate surface area is 94.6 Å². The van der Waals surface area contributed by atoms with E-state index in [1.54, 1.807) is 0 Å². The molecule has 0 amide bonds. The smallest absolute Gasteiger partial charge is 0.151 e. The van der Waals surface area contributed by atoms with E-state index in [1.807, 2.05) is 7.05 Å². The molecule has 0 saturated carbocycles. The largest absolute Gasteiger partial charge is 0.316 e. The number of nitrogens with one attached hydrogen (secondary N) is 1. The first kappa shape index (κ1) is 14.9. The van der Waals surface area contributed by atoms with Crippen LogP contribution < -0.4 is 5.32 Å². The van der Waals surface area contributed by atoms with E-state index in [1.165, 1.54) is 0 Å². The minimum atomic E-state index is -2.85. The maximum atomic E-state index is 11.7. The summed E-state index contributed by atoms with van der Waals surface area (Å²) in [5.41, 5.74) is 0. The molecule has 0 saturated heterocycles. The Kier molecular flexibility index (Phi) is 8.06. The van der Waals surface area contributed by atoms with Crippen molar-refractivity contribution in [2.75, 3.05) is 18.6 Å². The van der Waals surface area contributed by atoms with Gasteiger partial charge < -0.3 is 5.32 Å². The monoisotopic (exact) mass is 235 g/mol. The molecule has 0 aliphatic heterocycles. The van der Waals surface area contributed by atoms with Crippen LogP contribution in [0, 0.1) is 0 Å². The fourth-order valence-electron chi connectivity index (χ4n) is 1.62. The summed E-state index contributed by atoms with van der Waals surface area (Å²) in [5, 5.41) is 3.07. The van der Waals surface area contributed by atoms with Crippen LogP contribution in [0.4, 0.5) is 0 Å². The first-order valence-corrected chi connectivity index (χ1v) is 7.75. The molecule has 0 heterocycles. The maximum Gasteiger partial charge on any atom is 0.151 e. The second-order valence-electron chi connectivity index (χ2n) is 4.10. The summed E-state index contributed by atoms with van der Waals surface area (Å²) in [6.07, 6.45) is 4.85. The molecular formula is C11H25NO2S. The molecule has 0 aliphatic carbocycles. The molecule has 0 fully saturated rings. The lowest BCUT2D eigenvalue weighted by atomic mass is 10.2. The van der Waals surface area contributed by atoms with Gasteiger partial charge in [0.1, 0.15) is 0 Å². The predicted molar refractivity (Wildman–Crippen MR) is 65.9 cm³/mol. The number of rotatable bonds is 9. The molecule has 4 heteroatoms. The van der Waals surface area contributed by atoms with Gasteiger partial charge in [-0.1, -0.05) is 33.1 Å². The van der Waals surface area contributed by atoms with Crippen LogP contribution in [0.2, 0.25) is 0 Å². The molecule has 0 spiro atoms. The minimum absolute atomic E-state index is 0.127. The summed E-state index contributed by atoms with van der Waals surface area (Å²) in [6, 6.07) is 0.127. The summed E-state index contributed by atoms with van der Waals surface area (Å²) < 4.78 is 23.4. The molecular weight excluding hydrogens is 210 g/mol. The van der Waals surface area contributed by atoms with Gasteiger partial charge in [0.25, 0.3) is 0 Å². The lowest BCUT2D eigenvalue weighted by molar-refractivity contribution is 0.534. The van der Waals surface area contributed by atoms with Crippen molar-refractivity contribution in [3.8, 4) is 0 Å². The van der Waals surface area contributed by atoms with Gasteiger partial charge in [0.05, 0.1) is 11.5 Å². The van der Waals surface area contributed by atoms with Crippen molar-refractivity contribution in [2.45, 2.75) is 52.0 Å². The van der Waals surface area contributed by atoms with Gasteiger partial charge in [-0.25, -0.2) is 8.42 Å². The second-order valence-corrected chi connectivity index (χ2v) is 6.32. The average Bonchev–Trinajstić information content (AvgIpc) is 2.17. The highest BCUT2D eigenvalue weighted by atomic mass is 32.2. The maximum absolute atomic E-state index is 11.7. The lowest BCUT2D eigenvalue weighted by Crippen LogP contribution is -2.33. The molecule has 15 heavy (non-hydrogen) atoms. The highest BCUT2D eigenvalue weighted by Crippen LogP contribution is 2.05. The van der Waals surface area contributed by atoms with Gasteiger partial charge in [-0.3, -0.25) is 0 Å². The van der Waals surface area contributed by atoms with Gasteiger partial charge in [0.15, 0.2) is 9.84 Å². The van der Waals surface area contributed by atoms with Gasteiger partial charge in [-0.2, -0.15) is 0 Å². The molecule has 0 aromatic carbocycles. The van der Waals surface area contributed by atoms with Crippen molar-refractivity contribution in [1.82, 2.24) is 5.32 Å². The van der Waals surface area contributed by atoms with E-state index in [2.05, 4.69) is 19.2 Å². The zero-order valence-electron chi connectivity index (χ0n) is 10.3. The minimum Gasteiger partial charge on any atom is -0.316 e. The Hall–Kier alpha value is -0.0900. The average molecular weight is 235 g/mol. The van der Waals surface area contributed by atoms with E-state index in [0.29, 0.717) is 11.5 Å². The van der Waals surface area contributed by atoms with Crippen LogP contribution in [-0.4, -0.2) is 33.0 Å². The molecule has 0 aliphatic rings. The summed E-state index contributed by atoms with van der Waals surface area (Å²) in [4.78, 5) is 0. The van der Waals surface area contributed by atoms with Gasteiger partial charge in [0.2, 0.25) is 0 Å². The van der Waals surface area contributed by atoms with Crippen LogP contribution in [0.1, 0.15) is 46.0 Å². The van der Waals surface area contributed by atoms with Crippen molar-refractivity contribution >= 4 is 9.84 Å². The number of sulfone groups is 1. The molecule has 3 nitrogen and oxygen atoms in total. The molecule has 0 rings (SSSR count). The third-order valence-electron chi connectivity index (χ3n) is 2.56. The highest BCUT2D eigenvalue weighted by molar-refractivity contribution is 7.91. The third kappa shape index (κ3) is 7.79. The van der Waals surface area contributed by atoms with E-state index < -0.39 is 9.84 Å². The lowest BCUT2D eigenvalue weighted by Gasteiger charge is -2.15. The zero-order valence-corrected chi connectivity index (χ0v) is 11.1. The van der Waals surface area contributed by atoms with Gasteiger partial charge >= 0.3 is 0 Å². The van der Waals surface area contributed by atoms with Crippen molar-refractivity contribution in [3.05, 3.63) is 0 Å². The topological polar surface area (TPSA) is 46.2 Å². The van der Waals surface area contributed by atoms with E-state index in [-0.39, 0.29) is 6.04 Å². The predicted octanol–water partition coefficient (Wildman–Crippen LogP) is 1.98. The van der Waals surface area contributed by atoms with Crippen molar-refractivity contribution in [1.29, 1.82) is 0 Å².